The average Bonchev–Trinajstić information content (AvgIpc) is 2.69. The zero-order chi connectivity index (χ0) is 14.0. The number of nitrogens with zero attached hydrogens (tertiary/aromatic N) is 1. The minimum atomic E-state index is -1.17. The van der Waals surface area contributed by atoms with Crippen LogP contribution in [0.4, 0.5) is 0 Å². The van der Waals surface area contributed by atoms with E-state index in [-0.39, 0.29) is 17.4 Å². The van der Waals surface area contributed by atoms with Gasteiger partial charge in [-0.15, -0.1) is 0 Å². The molecule has 6 heteroatoms. The summed E-state index contributed by atoms with van der Waals surface area (Å²) in [5.74, 6) is -1.66. The minimum absolute atomic E-state index is 0.0738. The fraction of sp³-hybridized carbons (Fsp3) is 0.462. The molecule has 2 atom stereocenters. The lowest BCUT2D eigenvalue weighted by Crippen LogP contribution is -2.51. The third-order valence-electron chi connectivity index (χ3n) is 3.54. The molecule has 2 N–H and O–H groups in total. The highest BCUT2D eigenvalue weighted by atomic mass is 16.5. The van der Waals surface area contributed by atoms with Gasteiger partial charge in [-0.05, 0) is 32.4 Å². The highest BCUT2D eigenvalue weighted by molar-refractivity contribution is 6.03. The Bertz CT molecular complexity index is 517. The van der Waals surface area contributed by atoms with Gasteiger partial charge in [0, 0.05) is 12.8 Å². The van der Waals surface area contributed by atoms with Crippen molar-refractivity contribution in [2.24, 2.45) is 0 Å². The Hall–Kier alpha value is -1.95. The number of aromatic nitrogens is 1. The van der Waals surface area contributed by atoms with E-state index in [0.29, 0.717) is 13.0 Å². The van der Waals surface area contributed by atoms with Crippen molar-refractivity contribution in [3.63, 3.8) is 0 Å². The van der Waals surface area contributed by atoms with Crippen LogP contribution >= 0.6 is 0 Å². The maximum atomic E-state index is 12.2. The number of carboxylic acids is 1. The Labute approximate surface area is 110 Å². The van der Waals surface area contributed by atoms with Crippen molar-refractivity contribution in [3.8, 4) is 0 Å². The molecular weight excluding hydrogens is 248 g/mol. The van der Waals surface area contributed by atoms with Crippen LogP contribution in [-0.2, 0) is 4.74 Å². The lowest BCUT2D eigenvalue weighted by atomic mass is 9.94. The predicted molar refractivity (Wildman–Crippen MR) is 67.1 cm³/mol. The second-order valence-corrected chi connectivity index (χ2v) is 4.84. The number of carbonyl (C=O) groups excluding carboxylic acids is 1. The van der Waals surface area contributed by atoms with Gasteiger partial charge < -0.3 is 15.2 Å². The largest absolute Gasteiger partial charge is 0.478 e. The second kappa shape index (κ2) is 4.97. The second-order valence-electron chi connectivity index (χ2n) is 4.84. The first kappa shape index (κ1) is 13.5. The summed E-state index contributed by atoms with van der Waals surface area (Å²) in [5, 5.41) is 11.9. The molecule has 0 bridgehead atoms. The van der Waals surface area contributed by atoms with Crippen LogP contribution in [0, 0.1) is 0 Å². The number of carbonyl (C=O) groups is 2. The molecule has 1 fully saturated rings. The van der Waals surface area contributed by atoms with E-state index in [9.17, 15) is 9.59 Å². The lowest BCUT2D eigenvalue weighted by molar-refractivity contribution is 0.0674. The van der Waals surface area contributed by atoms with E-state index in [4.69, 9.17) is 9.84 Å². The summed E-state index contributed by atoms with van der Waals surface area (Å²) >= 11 is 0. The molecule has 0 aliphatic carbocycles. The van der Waals surface area contributed by atoms with Gasteiger partial charge in [-0.1, -0.05) is 0 Å². The van der Waals surface area contributed by atoms with E-state index in [1.165, 1.54) is 18.3 Å². The Balaban J connectivity index is 2.23. The molecule has 1 aliphatic heterocycles. The number of rotatable bonds is 3. The summed E-state index contributed by atoms with van der Waals surface area (Å²) in [6.07, 6.45) is 1.97. The molecule has 0 spiro atoms. The number of aromatic carboxylic acids is 1. The normalized spacial score (nSPS) is 26.1. The Morgan fingerprint density at radius 2 is 2.32 bits per heavy atom. The van der Waals surface area contributed by atoms with Crippen LogP contribution in [0.3, 0.4) is 0 Å². The van der Waals surface area contributed by atoms with Crippen molar-refractivity contribution in [1.82, 2.24) is 10.3 Å². The van der Waals surface area contributed by atoms with Gasteiger partial charge in [-0.3, -0.25) is 9.78 Å². The number of pyridine rings is 1. The van der Waals surface area contributed by atoms with Crippen LogP contribution in [0.1, 0.15) is 41.1 Å². The maximum absolute atomic E-state index is 12.2. The van der Waals surface area contributed by atoms with Gasteiger partial charge >= 0.3 is 5.97 Å². The summed E-state index contributed by atoms with van der Waals surface area (Å²) in [6.45, 7) is 4.34. The number of nitrogens with one attached hydrogen (secondary N) is 1. The smallest absolute Gasteiger partial charge is 0.338 e. The molecule has 2 unspecified atom stereocenters. The SMILES string of the molecule is CC1OCCC1(C)NC(=O)c1ncccc1C(=O)O. The molecule has 102 valence electrons. The molecule has 19 heavy (non-hydrogen) atoms. The zero-order valence-electron chi connectivity index (χ0n) is 10.8. The standard InChI is InChI=1S/C13H16N2O4/c1-8-13(2,5-7-19-8)15-11(16)10-9(12(17)18)4-3-6-14-10/h3-4,6,8H,5,7H2,1-2H3,(H,15,16)(H,17,18). The number of hydrogen-bond acceptors (Lipinski definition) is 4. The van der Waals surface area contributed by atoms with Crippen LogP contribution < -0.4 is 5.32 Å². The minimum Gasteiger partial charge on any atom is -0.478 e. The quantitative estimate of drug-likeness (QED) is 0.852. The fourth-order valence-corrected chi connectivity index (χ4v) is 2.08. The summed E-state index contributed by atoms with van der Waals surface area (Å²) in [6, 6.07) is 2.85. The molecule has 1 saturated heterocycles. The van der Waals surface area contributed by atoms with Gasteiger partial charge in [0.2, 0.25) is 0 Å². The van der Waals surface area contributed by atoms with E-state index in [0.717, 1.165) is 0 Å². The molecule has 0 radical (unpaired) electrons. The van der Waals surface area contributed by atoms with E-state index in [2.05, 4.69) is 10.3 Å². The van der Waals surface area contributed by atoms with Crippen LogP contribution in [0.15, 0.2) is 18.3 Å². The average molecular weight is 264 g/mol. The molecule has 1 amide bonds. The Morgan fingerprint density at radius 3 is 2.89 bits per heavy atom. The van der Waals surface area contributed by atoms with E-state index >= 15 is 0 Å². The van der Waals surface area contributed by atoms with Crippen molar-refractivity contribution in [2.45, 2.75) is 31.9 Å². The highest BCUT2D eigenvalue weighted by Gasteiger charge is 2.39. The number of amides is 1. The third-order valence-corrected chi connectivity index (χ3v) is 3.54. The van der Waals surface area contributed by atoms with E-state index in [1.54, 1.807) is 0 Å². The van der Waals surface area contributed by atoms with E-state index < -0.39 is 17.4 Å². The first-order valence-corrected chi connectivity index (χ1v) is 6.06. The van der Waals surface area contributed by atoms with Crippen molar-refractivity contribution >= 4 is 11.9 Å². The maximum Gasteiger partial charge on any atom is 0.338 e. The highest BCUT2D eigenvalue weighted by Crippen LogP contribution is 2.25. The van der Waals surface area contributed by atoms with Crippen molar-refractivity contribution in [3.05, 3.63) is 29.6 Å². The Kier molecular flexibility index (Phi) is 3.53. The first-order valence-electron chi connectivity index (χ1n) is 6.06. The van der Waals surface area contributed by atoms with E-state index in [1.807, 2.05) is 13.8 Å². The third kappa shape index (κ3) is 2.58. The monoisotopic (exact) mass is 264 g/mol. The summed E-state index contributed by atoms with van der Waals surface area (Å²) < 4.78 is 5.43. The molecule has 0 aromatic carbocycles. The molecule has 1 aromatic rings. The van der Waals surface area contributed by atoms with Crippen molar-refractivity contribution in [1.29, 1.82) is 0 Å². The molecule has 2 rings (SSSR count). The van der Waals surface area contributed by atoms with Crippen LogP contribution in [0.2, 0.25) is 0 Å². The number of carboxylic acid groups (broad SMARTS) is 1. The molecule has 2 heterocycles. The molecule has 6 nitrogen and oxygen atoms in total. The van der Waals surface area contributed by atoms with Gasteiger partial charge in [-0.25, -0.2) is 4.79 Å². The fourth-order valence-electron chi connectivity index (χ4n) is 2.08. The topological polar surface area (TPSA) is 88.5 Å². The molecule has 1 aliphatic rings. The molecule has 1 aromatic heterocycles. The van der Waals surface area contributed by atoms with Crippen molar-refractivity contribution in [2.75, 3.05) is 6.61 Å². The first-order chi connectivity index (χ1) is 8.94. The van der Waals surface area contributed by atoms with Crippen LogP contribution in [0.25, 0.3) is 0 Å². The van der Waals surface area contributed by atoms with Gasteiger partial charge in [0.1, 0.15) is 5.69 Å². The number of ether oxygens (including phenoxy) is 1. The lowest BCUT2D eigenvalue weighted by Gasteiger charge is -2.28. The summed E-state index contributed by atoms with van der Waals surface area (Å²) in [4.78, 5) is 27.1. The van der Waals surface area contributed by atoms with Crippen molar-refractivity contribution < 1.29 is 19.4 Å². The van der Waals surface area contributed by atoms with Gasteiger partial charge in [0.25, 0.3) is 5.91 Å². The predicted octanol–water partition coefficient (Wildman–Crippen LogP) is 1.08. The van der Waals surface area contributed by atoms with Gasteiger partial charge in [-0.2, -0.15) is 0 Å². The Morgan fingerprint density at radius 1 is 1.58 bits per heavy atom. The molecule has 0 saturated carbocycles. The zero-order valence-corrected chi connectivity index (χ0v) is 10.8. The summed E-state index contributed by atoms with van der Waals surface area (Å²) in [5.41, 5.74) is -0.671. The van der Waals surface area contributed by atoms with Gasteiger partial charge in [0.05, 0.1) is 17.2 Å². The number of hydrogen-bond donors (Lipinski definition) is 2. The molecular formula is C13H16N2O4. The van der Waals surface area contributed by atoms with Crippen LogP contribution in [-0.4, -0.2) is 40.2 Å². The van der Waals surface area contributed by atoms with Gasteiger partial charge in [0.15, 0.2) is 0 Å². The van der Waals surface area contributed by atoms with Crippen LogP contribution in [0.5, 0.6) is 0 Å². The summed E-state index contributed by atoms with van der Waals surface area (Å²) in [7, 11) is 0.